The zero-order valence-corrected chi connectivity index (χ0v) is 16.6. The minimum atomic E-state index is -0.0270. The van der Waals surface area contributed by atoms with E-state index in [4.69, 9.17) is 0 Å². The highest BCUT2D eigenvalue weighted by Crippen LogP contribution is 2.46. The topological polar surface area (TPSA) is 27.6 Å². The van der Waals surface area contributed by atoms with Gasteiger partial charge in [-0.25, -0.2) is 0 Å². The van der Waals surface area contributed by atoms with Crippen molar-refractivity contribution in [3.05, 3.63) is 96.2 Å². The van der Waals surface area contributed by atoms with E-state index in [9.17, 15) is 0 Å². The van der Waals surface area contributed by atoms with Crippen molar-refractivity contribution in [2.45, 2.75) is 19.3 Å². The lowest BCUT2D eigenvalue weighted by molar-refractivity contribution is 0.641. The summed E-state index contributed by atoms with van der Waals surface area (Å²) in [5.41, 5.74) is 6.91. The van der Waals surface area contributed by atoms with Crippen LogP contribution in [0.1, 0.15) is 19.4 Å². The highest BCUT2D eigenvalue weighted by molar-refractivity contribution is 5.81. The molecule has 0 bridgehead atoms. The molecule has 0 spiro atoms. The van der Waals surface area contributed by atoms with E-state index in [-0.39, 0.29) is 5.41 Å². The van der Waals surface area contributed by atoms with E-state index in [2.05, 4.69) is 78.6 Å². The van der Waals surface area contributed by atoms with Crippen molar-refractivity contribution in [3.8, 4) is 0 Å². The van der Waals surface area contributed by atoms with Crippen molar-refractivity contribution in [2.24, 2.45) is 4.99 Å². The fourth-order valence-corrected chi connectivity index (χ4v) is 3.81. The summed E-state index contributed by atoms with van der Waals surface area (Å²) < 4.78 is 0. The van der Waals surface area contributed by atoms with Crippen molar-refractivity contribution >= 4 is 29.0 Å². The summed E-state index contributed by atoms with van der Waals surface area (Å²) in [7, 11) is 2.12. The van der Waals surface area contributed by atoms with E-state index in [0.717, 1.165) is 17.1 Å². The number of nitrogens with one attached hydrogen (secondary N) is 1. The maximum Gasteiger partial charge on any atom is 0.0631 e. The Labute approximate surface area is 167 Å². The number of anilines is 3. The van der Waals surface area contributed by atoms with Gasteiger partial charge in [0.15, 0.2) is 0 Å². The van der Waals surface area contributed by atoms with E-state index in [1.54, 1.807) is 0 Å². The number of nitrogens with zero attached hydrogens (tertiary/aromatic N) is 2. The summed E-state index contributed by atoms with van der Waals surface area (Å²) in [6.45, 7) is 4.53. The first-order valence-corrected chi connectivity index (χ1v) is 9.56. The van der Waals surface area contributed by atoms with Crippen molar-refractivity contribution < 1.29 is 0 Å². The average Bonchev–Trinajstić information content (AvgIpc) is 2.91. The molecular weight excluding hydrogens is 342 g/mol. The molecule has 1 N–H and O–H groups in total. The Morgan fingerprint density at radius 3 is 2.18 bits per heavy atom. The smallest absolute Gasteiger partial charge is 0.0631 e. The van der Waals surface area contributed by atoms with Crippen LogP contribution in [0.3, 0.4) is 0 Å². The Bertz CT molecular complexity index is 1020. The Morgan fingerprint density at radius 2 is 1.46 bits per heavy atom. The summed E-state index contributed by atoms with van der Waals surface area (Å²) in [6, 6.07) is 26.9. The molecule has 3 aromatic rings. The number of fused-ring (bicyclic) bond motifs is 1. The third kappa shape index (κ3) is 3.44. The van der Waals surface area contributed by atoms with Gasteiger partial charge in [-0.15, -0.1) is 0 Å². The first-order valence-electron chi connectivity index (χ1n) is 9.56. The highest BCUT2D eigenvalue weighted by Gasteiger charge is 2.37. The zero-order chi connectivity index (χ0) is 19.6. The van der Waals surface area contributed by atoms with Crippen LogP contribution >= 0.6 is 0 Å². The molecular formula is C25H25N3. The van der Waals surface area contributed by atoms with Gasteiger partial charge in [0.25, 0.3) is 0 Å². The van der Waals surface area contributed by atoms with Gasteiger partial charge in [-0.05, 0) is 54.1 Å². The SMILES string of the molecule is CN1/C(=C/C=Nc2ccc(Nc3ccccc3)cc2)C(C)(C)c2ccccc21. The minimum Gasteiger partial charge on any atom is -0.356 e. The Morgan fingerprint density at radius 1 is 0.821 bits per heavy atom. The fourth-order valence-electron chi connectivity index (χ4n) is 3.81. The maximum atomic E-state index is 4.62. The largest absolute Gasteiger partial charge is 0.356 e. The molecule has 3 nitrogen and oxygen atoms in total. The van der Waals surface area contributed by atoms with Gasteiger partial charge in [-0.2, -0.15) is 0 Å². The van der Waals surface area contributed by atoms with Crippen LogP contribution in [0, 0.1) is 0 Å². The molecule has 1 aliphatic heterocycles. The predicted octanol–water partition coefficient (Wildman–Crippen LogP) is 6.44. The standard InChI is InChI=1S/C25H25N3/c1-25(2)22-11-7-8-12-23(22)28(3)24(25)17-18-26-19-13-15-21(16-14-19)27-20-9-5-4-6-10-20/h4-18,27H,1-3H3/b24-17+,26-18?. The van der Waals surface area contributed by atoms with Crippen LogP contribution in [0.2, 0.25) is 0 Å². The molecule has 1 heterocycles. The molecule has 0 saturated heterocycles. The summed E-state index contributed by atoms with van der Waals surface area (Å²) in [5, 5.41) is 3.39. The summed E-state index contributed by atoms with van der Waals surface area (Å²) in [4.78, 5) is 6.88. The van der Waals surface area contributed by atoms with E-state index >= 15 is 0 Å². The Kier molecular flexibility index (Phi) is 4.74. The molecule has 4 rings (SSSR count). The predicted molar refractivity (Wildman–Crippen MR) is 120 cm³/mol. The number of hydrogen-bond acceptors (Lipinski definition) is 3. The van der Waals surface area contributed by atoms with E-state index < -0.39 is 0 Å². The number of likely N-dealkylation sites (N-methyl/N-ethyl adjacent to an activating group) is 1. The maximum absolute atomic E-state index is 4.62. The molecule has 1 aliphatic rings. The van der Waals surface area contributed by atoms with Crippen LogP contribution in [-0.2, 0) is 5.41 Å². The van der Waals surface area contributed by atoms with Crippen molar-refractivity contribution in [3.63, 3.8) is 0 Å². The van der Waals surface area contributed by atoms with Crippen LogP contribution in [0.4, 0.5) is 22.7 Å². The first kappa shape index (κ1) is 18.1. The van der Waals surface area contributed by atoms with Crippen LogP contribution in [0.15, 0.2) is 95.6 Å². The van der Waals surface area contributed by atoms with Crippen molar-refractivity contribution in [1.82, 2.24) is 0 Å². The van der Waals surface area contributed by atoms with Gasteiger partial charge in [0.2, 0.25) is 0 Å². The van der Waals surface area contributed by atoms with Crippen molar-refractivity contribution in [1.29, 1.82) is 0 Å². The van der Waals surface area contributed by atoms with Gasteiger partial charge >= 0.3 is 0 Å². The molecule has 0 aromatic heterocycles. The third-order valence-corrected chi connectivity index (χ3v) is 5.33. The van der Waals surface area contributed by atoms with Crippen LogP contribution in [-0.4, -0.2) is 13.3 Å². The van der Waals surface area contributed by atoms with E-state index in [1.807, 2.05) is 48.7 Å². The van der Waals surface area contributed by atoms with Gasteiger partial charge in [0, 0.05) is 41.4 Å². The van der Waals surface area contributed by atoms with Crippen LogP contribution in [0.5, 0.6) is 0 Å². The Hall–Kier alpha value is -3.33. The molecule has 0 fully saturated rings. The quantitative estimate of drug-likeness (QED) is 0.537. The normalized spacial score (nSPS) is 16.5. The first-order chi connectivity index (χ1) is 13.6. The molecule has 0 amide bonds. The highest BCUT2D eigenvalue weighted by atomic mass is 15.2. The van der Waals surface area contributed by atoms with E-state index in [0.29, 0.717) is 0 Å². The molecule has 140 valence electrons. The number of aliphatic imine (C=N–C) groups is 1. The van der Waals surface area contributed by atoms with Crippen LogP contribution in [0.25, 0.3) is 0 Å². The summed E-state index contributed by atoms with van der Waals surface area (Å²) in [5.74, 6) is 0. The molecule has 3 heteroatoms. The van der Waals surface area contributed by atoms with Gasteiger partial charge in [-0.1, -0.05) is 50.2 Å². The van der Waals surface area contributed by atoms with Crippen LogP contribution < -0.4 is 10.2 Å². The average molecular weight is 367 g/mol. The van der Waals surface area contributed by atoms with E-state index in [1.165, 1.54) is 16.9 Å². The third-order valence-electron chi connectivity index (χ3n) is 5.33. The molecule has 0 aliphatic carbocycles. The molecule has 0 atom stereocenters. The lowest BCUT2D eigenvalue weighted by Crippen LogP contribution is -2.22. The molecule has 28 heavy (non-hydrogen) atoms. The van der Waals surface area contributed by atoms with Gasteiger partial charge < -0.3 is 10.2 Å². The lowest BCUT2D eigenvalue weighted by atomic mass is 9.84. The Balaban J connectivity index is 1.49. The number of rotatable bonds is 4. The monoisotopic (exact) mass is 367 g/mol. The number of benzene rings is 3. The number of hydrogen-bond donors (Lipinski definition) is 1. The van der Waals surface area contributed by atoms with Crippen molar-refractivity contribution in [2.75, 3.05) is 17.3 Å². The summed E-state index contributed by atoms with van der Waals surface area (Å²) in [6.07, 6.45) is 4.02. The number of allylic oxidation sites excluding steroid dienone is 2. The molecule has 0 saturated carbocycles. The van der Waals surface area contributed by atoms with Gasteiger partial charge in [0.1, 0.15) is 0 Å². The zero-order valence-electron chi connectivity index (χ0n) is 16.6. The second-order valence-corrected chi connectivity index (χ2v) is 7.57. The second-order valence-electron chi connectivity index (χ2n) is 7.57. The summed E-state index contributed by atoms with van der Waals surface area (Å²) >= 11 is 0. The molecule has 3 aromatic carbocycles. The second kappa shape index (κ2) is 7.35. The number of para-hydroxylation sites is 2. The van der Waals surface area contributed by atoms with Gasteiger partial charge in [-0.3, -0.25) is 4.99 Å². The molecule has 0 unspecified atom stereocenters. The fraction of sp³-hybridized carbons (Fsp3) is 0.160. The minimum absolute atomic E-state index is 0.0270. The lowest BCUT2D eigenvalue weighted by Gasteiger charge is -2.23. The van der Waals surface area contributed by atoms with Gasteiger partial charge in [0.05, 0.1) is 5.69 Å². The molecule has 0 radical (unpaired) electrons.